The molecule has 0 radical (unpaired) electrons. The number of rotatable bonds is 2. The standard InChI is InChI=1S/C8H10N4O2/c13-12(14)8-2-1-7(5-10-8)11-4-3-9-6-11/h1-2,5,9H,3-4,6H2. The molecule has 0 spiro atoms. The SMILES string of the molecule is O=[N+]([O-])c1ccc(N2CCNC2)cn1. The summed E-state index contributed by atoms with van der Waals surface area (Å²) < 4.78 is 0. The van der Waals surface area contributed by atoms with Gasteiger partial charge in [0.1, 0.15) is 0 Å². The fourth-order valence-corrected chi connectivity index (χ4v) is 1.40. The lowest BCUT2D eigenvalue weighted by atomic mass is 10.4. The molecule has 1 aliphatic heterocycles. The van der Waals surface area contributed by atoms with Crippen LogP contribution < -0.4 is 10.2 Å². The summed E-state index contributed by atoms with van der Waals surface area (Å²) in [6.07, 6.45) is 1.53. The maximum absolute atomic E-state index is 10.4. The summed E-state index contributed by atoms with van der Waals surface area (Å²) in [5.74, 6) is -0.110. The number of aromatic nitrogens is 1. The number of nitro groups is 1. The topological polar surface area (TPSA) is 71.3 Å². The summed E-state index contributed by atoms with van der Waals surface area (Å²) in [5, 5.41) is 13.5. The molecule has 1 aromatic heterocycles. The van der Waals surface area contributed by atoms with Crippen LogP contribution in [0.15, 0.2) is 18.3 Å². The van der Waals surface area contributed by atoms with Gasteiger partial charge in [-0.05, 0) is 16.0 Å². The minimum absolute atomic E-state index is 0.110. The van der Waals surface area contributed by atoms with Crippen LogP contribution in [0.5, 0.6) is 0 Å². The molecule has 0 unspecified atom stereocenters. The van der Waals surface area contributed by atoms with Crippen LogP contribution in [0, 0.1) is 10.1 Å². The number of pyridine rings is 1. The summed E-state index contributed by atoms with van der Waals surface area (Å²) in [6, 6.07) is 3.14. The Morgan fingerprint density at radius 1 is 1.57 bits per heavy atom. The van der Waals surface area contributed by atoms with Crippen LogP contribution in [0.2, 0.25) is 0 Å². The Morgan fingerprint density at radius 2 is 2.43 bits per heavy atom. The average Bonchev–Trinajstić information content (AvgIpc) is 2.71. The van der Waals surface area contributed by atoms with Crippen LogP contribution in [-0.4, -0.2) is 29.7 Å². The summed E-state index contributed by atoms with van der Waals surface area (Å²) in [7, 11) is 0. The van der Waals surface area contributed by atoms with Gasteiger partial charge in [-0.2, -0.15) is 0 Å². The van der Waals surface area contributed by atoms with Gasteiger partial charge in [0.15, 0.2) is 6.20 Å². The van der Waals surface area contributed by atoms with Crippen LogP contribution >= 0.6 is 0 Å². The lowest BCUT2D eigenvalue weighted by molar-refractivity contribution is -0.389. The Morgan fingerprint density at radius 3 is 2.93 bits per heavy atom. The molecule has 0 atom stereocenters. The van der Waals surface area contributed by atoms with E-state index < -0.39 is 4.92 Å². The molecule has 1 aromatic rings. The molecule has 1 saturated heterocycles. The van der Waals surface area contributed by atoms with E-state index in [1.54, 1.807) is 6.07 Å². The van der Waals surface area contributed by atoms with E-state index in [9.17, 15) is 10.1 Å². The number of nitrogens with zero attached hydrogens (tertiary/aromatic N) is 3. The van der Waals surface area contributed by atoms with Gasteiger partial charge in [-0.3, -0.25) is 5.32 Å². The van der Waals surface area contributed by atoms with Crippen LogP contribution in [0.3, 0.4) is 0 Å². The first-order valence-electron chi connectivity index (χ1n) is 4.33. The van der Waals surface area contributed by atoms with E-state index in [1.165, 1.54) is 12.3 Å². The highest BCUT2D eigenvalue weighted by atomic mass is 16.6. The predicted molar refractivity (Wildman–Crippen MR) is 51.1 cm³/mol. The van der Waals surface area contributed by atoms with Crippen LogP contribution in [0.1, 0.15) is 0 Å². The highest BCUT2D eigenvalue weighted by Gasteiger charge is 2.14. The Labute approximate surface area is 80.7 Å². The first-order chi connectivity index (χ1) is 6.77. The minimum Gasteiger partial charge on any atom is -0.358 e. The monoisotopic (exact) mass is 194 g/mol. The molecule has 0 saturated carbocycles. The van der Waals surface area contributed by atoms with Gasteiger partial charge in [-0.1, -0.05) is 0 Å². The molecule has 1 fully saturated rings. The Bertz CT molecular complexity index is 332. The van der Waals surface area contributed by atoms with Gasteiger partial charge in [0.05, 0.1) is 12.4 Å². The number of nitrogens with one attached hydrogen (secondary N) is 1. The molecule has 1 N–H and O–H groups in total. The zero-order valence-electron chi connectivity index (χ0n) is 7.51. The first kappa shape index (κ1) is 8.89. The van der Waals surface area contributed by atoms with E-state index in [0.29, 0.717) is 0 Å². The van der Waals surface area contributed by atoms with E-state index in [2.05, 4.69) is 15.2 Å². The smallest absolute Gasteiger partial charge is 0.358 e. The van der Waals surface area contributed by atoms with Crippen molar-refractivity contribution in [3.63, 3.8) is 0 Å². The molecule has 6 heteroatoms. The molecular weight excluding hydrogens is 184 g/mol. The second kappa shape index (κ2) is 3.59. The minimum atomic E-state index is -0.494. The summed E-state index contributed by atoms with van der Waals surface area (Å²) in [5.41, 5.74) is 0.917. The van der Waals surface area contributed by atoms with Crippen molar-refractivity contribution in [2.75, 3.05) is 24.7 Å². The van der Waals surface area contributed by atoms with Gasteiger partial charge < -0.3 is 15.0 Å². The second-order valence-electron chi connectivity index (χ2n) is 3.05. The van der Waals surface area contributed by atoms with Crippen LogP contribution in [0.4, 0.5) is 11.5 Å². The Hall–Kier alpha value is -1.69. The van der Waals surface area contributed by atoms with Crippen molar-refractivity contribution in [2.45, 2.75) is 0 Å². The van der Waals surface area contributed by atoms with Crippen molar-refractivity contribution < 1.29 is 4.92 Å². The highest BCUT2D eigenvalue weighted by molar-refractivity contribution is 5.47. The summed E-state index contributed by atoms with van der Waals surface area (Å²) >= 11 is 0. The van der Waals surface area contributed by atoms with Gasteiger partial charge in [0.25, 0.3) is 0 Å². The van der Waals surface area contributed by atoms with E-state index in [1.807, 2.05) is 0 Å². The quantitative estimate of drug-likeness (QED) is 0.543. The largest absolute Gasteiger partial charge is 0.363 e. The molecule has 2 heterocycles. The average molecular weight is 194 g/mol. The molecule has 0 aliphatic carbocycles. The van der Waals surface area contributed by atoms with E-state index in [0.717, 1.165) is 25.4 Å². The molecule has 0 amide bonds. The third-order valence-corrected chi connectivity index (χ3v) is 2.15. The van der Waals surface area contributed by atoms with Crippen molar-refractivity contribution in [3.05, 3.63) is 28.4 Å². The third kappa shape index (κ3) is 1.64. The van der Waals surface area contributed by atoms with Gasteiger partial charge in [0.2, 0.25) is 0 Å². The van der Waals surface area contributed by atoms with Crippen molar-refractivity contribution >= 4 is 11.5 Å². The normalized spacial score (nSPS) is 15.9. The molecular formula is C8H10N4O2. The predicted octanol–water partition coefficient (Wildman–Crippen LogP) is 0.357. The maximum Gasteiger partial charge on any atom is 0.363 e. The van der Waals surface area contributed by atoms with Crippen molar-refractivity contribution in [3.8, 4) is 0 Å². The van der Waals surface area contributed by atoms with E-state index >= 15 is 0 Å². The van der Waals surface area contributed by atoms with E-state index in [4.69, 9.17) is 0 Å². The Balaban J connectivity index is 2.16. The highest BCUT2D eigenvalue weighted by Crippen LogP contribution is 2.16. The fourth-order valence-electron chi connectivity index (χ4n) is 1.40. The fraction of sp³-hybridized carbons (Fsp3) is 0.375. The molecule has 2 rings (SSSR count). The van der Waals surface area contributed by atoms with Gasteiger partial charge in [-0.15, -0.1) is 0 Å². The third-order valence-electron chi connectivity index (χ3n) is 2.15. The van der Waals surface area contributed by atoms with Crippen LogP contribution in [0.25, 0.3) is 0 Å². The lowest BCUT2D eigenvalue weighted by Crippen LogP contribution is -2.20. The first-order valence-corrected chi connectivity index (χ1v) is 4.33. The molecule has 1 aliphatic rings. The lowest BCUT2D eigenvalue weighted by Gasteiger charge is -2.13. The zero-order valence-corrected chi connectivity index (χ0v) is 7.51. The molecule has 74 valence electrons. The molecule has 0 aromatic carbocycles. The molecule has 6 nitrogen and oxygen atoms in total. The zero-order chi connectivity index (χ0) is 9.97. The second-order valence-corrected chi connectivity index (χ2v) is 3.05. The Kier molecular flexibility index (Phi) is 2.28. The number of hydrogen-bond acceptors (Lipinski definition) is 5. The number of anilines is 1. The van der Waals surface area contributed by atoms with Gasteiger partial charge in [-0.25, -0.2) is 0 Å². The van der Waals surface area contributed by atoms with Crippen molar-refractivity contribution in [1.82, 2.24) is 10.3 Å². The maximum atomic E-state index is 10.4. The summed E-state index contributed by atoms with van der Waals surface area (Å²) in [4.78, 5) is 15.7. The van der Waals surface area contributed by atoms with E-state index in [-0.39, 0.29) is 5.82 Å². The van der Waals surface area contributed by atoms with Crippen molar-refractivity contribution in [1.29, 1.82) is 0 Å². The van der Waals surface area contributed by atoms with Crippen molar-refractivity contribution in [2.24, 2.45) is 0 Å². The molecule has 0 bridgehead atoms. The van der Waals surface area contributed by atoms with Gasteiger partial charge >= 0.3 is 5.82 Å². The van der Waals surface area contributed by atoms with Crippen LogP contribution in [-0.2, 0) is 0 Å². The van der Waals surface area contributed by atoms with Gasteiger partial charge in [0, 0.05) is 19.2 Å². The summed E-state index contributed by atoms with van der Waals surface area (Å²) in [6.45, 7) is 2.63. The number of hydrogen-bond donors (Lipinski definition) is 1. The molecule has 14 heavy (non-hydrogen) atoms.